The largest absolute Gasteiger partial charge is 0.320 e. The number of ketones is 1. The van der Waals surface area contributed by atoms with Gasteiger partial charge in [-0.15, -0.1) is 0 Å². The van der Waals surface area contributed by atoms with E-state index in [0.717, 1.165) is 0 Å². The maximum atomic E-state index is 11.9. The highest BCUT2D eigenvalue weighted by Crippen LogP contribution is 2.18. The molecule has 1 fully saturated rings. The molecule has 0 aromatic heterocycles. The number of carbonyl (C=O) groups excluding carboxylic acids is 2. The van der Waals surface area contributed by atoms with Gasteiger partial charge in [-0.05, 0) is 0 Å². The van der Waals surface area contributed by atoms with E-state index in [1.54, 1.807) is 24.3 Å². The number of benzene rings is 1. The molecule has 1 atom stereocenters. The first kappa shape index (κ1) is 9.98. The fourth-order valence-electron chi connectivity index (χ4n) is 1.57. The second kappa shape index (κ2) is 3.90. The van der Waals surface area contributed by atoms with E-state index in [1.807, 2.05) is 6.07 Å². The number of hydrogen-bond acceptors (Lipinski definition) is 3. The van der Waals surface area contributed by atoms with E-state index in [-0.39, 0.29) is 18.1 Å². The Kier molecular flexibility index (Phi) is 2.60. The average molecular weight is 219 g/mol. The minimum absolute atomic E-state index is 0.0843. The van der Waals surface area contributed by atoms with Crippen molar-refractivity contribution in [2.45, 2.75) is 6.42 Å². The van der Waals surface area contributed by atoms with Crippen molar-refractivity contribution in [1.29, 1.82) is 0 Å². The fourth-order valence-corrected chi connectivity index (χ4v) is 1.87. The molecule has 76 valence electrons. The highest BCUT2D eigenvalue weighted by atomic mass is 32.1. The first-order valence-corrected chi connectivity index (χ1v) is 5.02. The molecule has 1 heterocycles. The van der Waals surface area contributed by atoms with Crippen LogP contribution in [0.3, 0.4) is 0 Å². The highest BCUT2D eigenvalue weighted by Gasteiger charge is 2.33. The van der Waals surface area contributed by atoms with Crippen LogP contribution < -0.4 is 5.32 Å². The minimum Gasteiger partial charge on any atom is -0.320 e. The summed E-state index contributed by atoms with van der Waals surface area (Å²) in [6.07, 6.45) is 0.173. The van der Waals surface area contributed by atoms with Crippen LogP contribution in [0.1, 0.15) is 16.8 Å². The van der Waals surface area contributed by atoms with Crippen molar-refractivity contribution < 1.29 is 9.59 Å². The number of rotatable bonds is 2. The molecule has 4 heteroatoms. The molecule has 1 amide bonds. The summed E-state index contributed by atoms with van der Waals surface area (Å²) in [4.78, 5) is 23.3. The van der Waals surface area contributed by atoms with Crippen LogP contribution in [0.15, 0.2) is 30.3 Å². The Bertz CT molecular complexity index is 427. The SMILES string of the molecule is O=C1CC(C(=O)c2ccccc2)C(=S)N1. The van der Waals surface area contributed by atoms with Crippen LogP contribution in [0.5, 0.6) is 0 Å². The van der Waals surface area contributed by atoms with Gasteiger partial charge in [0.05, 0.1) is 10.9 Å². The molecule has 0 radical (unpaired) electrons. The molecule has 1 saturated heterocycles. The maximum Gasteiger partial charge on any atom is 0.225 e. The summed E-state index contributed by atoms with van der Waals surface area (Å²) in [6.45, 7) is 0. The van der Waals surface area contributed by atoms with Crippen molar-refractivity contribution in [3.63, 3.8) is 0 Å². The molecule has 1 aliphatic heterocycles. The summed E-state index contributed by atoms with van der Waals surface area (Å²) >= 11 is 4.94. The number of amides is 1. The lowest BCUT2D eigenvalue weighted by atomic mass is 9.97. The summed E-state index contributed by atoms with van der Waals surface area (Å²) in [7, 11) is 0. The molecule has 1 N–H and O–H groups in total. The molecule has 15 heavy (non-hydrogen) atoms. The van der Waals surface area contributed by atoms with E-state index in [9.17, 15) is 9.59 Å². The second-order valence-electron chi connectivity index (χ2n) is 3.40. The molecule has 1 aromatic rings. The van der Waals surface area contributed by atoms with Gasteiger partial charge in [0, 0.05) is 12.0 Å². The smallest absolute Gasteiger partial charge is 0.225 e. The van der Waals surface area contributed by atoms with E-state index in [0.29, 0.717) is 10.6 Å². The lowest BCUT2D eigenvalue weighted by Crippen LogP contribution is -2.24. The van der Waals surface area contributed by atoms with Gasteiger partial charge in [-0.25, -0.2) is 0 Å². The first-order chi connectivity index (χ1) is 7.18. The standard InChI is InChI=1S/C11H9NO2S/c13-9-6-8(11(15)12-9)10(14)7-4-2-1-3-5-7/h1-5,8H,6H2,(H,12,13,15). The number of hydrogen-bond donors (Lipinski definition) is 1. The lowest BCUT2D eigenvalue weighted by molar-refractivity contribution is -0.118. The van der Waals surface area contributed by atoms with Gasteiger partial charge >= 0.3 is 0 Å². The third-order valence-corrected chi connectivity index (χ3v) is 2.73. The van der Waals surface area contributed by atoms with Gasteiger partial charge in [-0.2, -0.15) is 0 Å². The van der Waals surface area contributed by atoms with Crippen molar-refractivity contribution in [3.8, 4) is 0 Å². The molecule has 3 nitrogen and oxygen atoms in total. The van der Waals surface area contributed by atoms with Gasteiger partial charge in [0.25, 0.3) is 0 Å². The van der Waals surface area contributed by atoms with Crippen LogP contribution in [0, 0.1) is 5.92 Å². The molecule has 0 saturated carbocycles. The van der Waals surface area contributed by atoms with Crippen LogP contribution in [0.25, 0.3) is 0 Å². The molecule has 2 rings (SSSR count). The Hall–Kier alpha value is -1.55. The summed E-state index contributed by atoms with van der Waals surface area (Å²) in [5.74, 6) is -0.733. The summed E-state index contributed by atoms with van der Waals surface area (Å²) in [5.41, 5.74) is 0.598. The van der Waals surface area contributed by atoms with E-state index < -0.39 is 5.92 Å². The first-order valence-electron chi connectivity index (χ1n) is 4.61. The Morgan fingerprint density at radius 3 is 2.53 bits per heavy atom. The molecule has 1 aromatic carbocycles. The van der Waals surface area contributed by atoms with Crippen LogP contribution in [-0.2, 0) is 4.79 Å². The van der Waals surface area contributed by atoms with Crippen LogP contribution in [0.2, 0.25) is 0 Å². The van der Waals surface area contributed by atoms with Crippen LogP contribution in [-0.4, -0.2) is 16.7 Å². The zero-order chi connectivity index (χ0) is 10.8. The third-order valence-electron chi connectivity index (χ3n) is 2.34. The summed E-state index contributed by atoms with van der Waals surface area (Å²) in [6, 6.07) is 8.88. The summed E-state index contributed by atoms with van der Waals surface area (Å²) in [5, 5.41) is 2.49. The number of thiocarbonyl (C=S) groups is 1. The van der Waals surface area contributed by atoms with Crippen molar-refractivity contribution in [2.75, 3.05) is 0 Å². The molecule has 0 spiro atoms. The maximum absolute atomic E-state index is 11.9. The monoisotopic (exact) mass is 219 g/mol. The van der Waals surface area contributed by atoms with Crippen molar-refractivity contribution >= 4 is 28.9 Å². The predicted octanol–water partition coefficient (Wildman–Crippen LogP) is 1.33. The molecular formula is C11H9NO2S. The van der Waals surface area contributed by atoms with Gasteiger partial charge in [-0.1, -0.05) is 42.5 Å². The molecule has 1 unspecified atom stereocenters. The normalized spacial score (nSPS) is 20.1. The van der Waals surface area contributed by atoms with Crippen molar-refractivity contribution in [2.24, 2.45) is 5.92 Å². The highest BCUT2D eigenvalue weighted by molar-refractivity contribution is 7.80. The Morgan fingerprint density at radius 2 is 2.00 bits per heavy atom. The quantitative estimate of drug-likeness (QED) is 0.603. The van der Waals surface area contributed by atoms with E-state index >= 15 is 0 Å². The van der Waals surface area contributed by atoms with Gasteiger partial charge < -0.3 is 5.32 Å². The van der Waals surface area contributed by atoms with E-state index in [1.165, 1.54) is 0 Å². The molecular weight excluding hydrogens is 210 g/mol. The number of nitrogens with one attached hydrogen (secondary N) is 1. The van der Waals surface area contributed by atoms with E-state index in [2.05, 4.69) is 5.32 Å². The Morgan fingerprint density at radius 1 is 1.33 bits per heavy atom. The second-order valence-corrected chi connectivity index (χ2v) is 3.84. The average Bonchev–Trinajstić information content (AvgIpc) is 2.58. The zero-order valence-corrected chi connectivity index (χ0v) is 8.71. The third kappa shape index (κ3) is 1.94. The van der Waals surface area contributed by atoms with Gasteiger partial charge in [0.1, 0.15) is 0 Å². The minimum atomic E-state index is -0.477. The predicted molar refractivity (Wildman–Crippen MR) is 59.6 cm³/mol. The van der Waals surface area contributed by atoms with Gasteiger partial charge in [0.15, 0.2) is 5.78 Å². The Labute approximate surface area is 92.5 Å². The van der Waals surface area contributed by atoms with Crippen LogP contribution >= 0.6 is 12.2 Å². The van der Waals surface area contributed by atoms with Crippen LogP contribution in [0.4, 0.5) is 0 Å². The number of carbonyl (C=O) groups is 2. The van der Waals surface area contributed by atoms with Crippen molar-refractivity contribution in [1.82, 2.24) is 5.32 Å². The van der Waals surface area contributed by atoms with E-state index in [4.69, 9.17) is 12.2 Å². The van der Waals surface area contributed by atoms with Gasteiger partial charge in [-0.3, -0.25) is 9.59 Å². The molecule has 0 bridgehead atoms. The number of Topliss-reactive ketones (excluding diaryl/α,β-unsaturated/α-hetero) is 1. The Balaban J connectivity index is 2.23. The lowest BCUT2D eigenvalue weighted by Gasteiger charge is -2.06. The topological polar surface area (TPSA) is 46.2 Å². The van der Waals surface area contributed by atoms with Gasteiger partial charge in [0.2, 0.25) is 5.91 Å². The fraction of sp³-hybridized carbons (Fsp3) is 0.182. The molecule has 1 aliphatic rings. The summed E-state index contributed by atoms with van der Waals surface area (Å²) < 4.78 is 0. The van der Waals surface area contributed by atoms with Crippen molar-refractivity contribution in [3.05, 3.63) is 35.9 Å². The molecule has 0 aliphatic carbocycles. The zero-order valence-electron chi connectivity index (χ0n) is 7.90.